The predicted molar refractivity (Wildman–Crippen MR) is 74.6 cm³/mol. The molecule has 0 radical (unpaired) electrons. The Labute approximate surface area is 115 Å². The van der Waals surface area contributed by atoms with Crippen molar-refractivity contribution in [3.05, 3.63) is 52.4 Å². The normalized spacial score (nSPS) is 12.4. The van der Waals surface area contributed by atoms with E-state index in [4.69, 9.17) is 14.9 Å². The highest BCUT2D eigenvalue weighted by Crippen LogP contribution is 2.25. The first kappa shape index (κ1) is 13.2. The lowest BCUT2D eigenvalue weighted by Crippen LogP contribution is -2.14. The zero-order chi connectivity index (χ0) is 13.0. The lowest BCUT2D eigenvalue weighted by Gasteiger charge is -2.11. The molecule has 2 N–H and O–H groups in total. The Morgan fingerprint density at radius 3 is 2.89 bits per heavy atom. The quantitative estimate of drug-likeness (QED) is 0.913. The molecule has 1 heterocycles. The van der Waals surface area contributed by atoms with Crippen LogP contribution in [0.4, 0.5) is 0 Å². The number of ether oxygens (including phenoxy) is 1. The average molecular weight is 310 g/mol. The fraction of sp³-hybridized carbons (Fsp3) is 0.286. The van der Waals surface area contributed by atoms with Crippen LogP contribution in [0.5, 0.6) is 5.75 Å². The number of rotatable bonds is 5. The minimum absolute atomic E-state index is 0.154. The molecule has 4 heteroatoms. The van der Waals surface area contributed by atoms with Gasteiger partial charge in [-0.15, -0.1) is 0 Å². The van der Waals surface area contributed by atoms with Crippen LogP contribution in [0.2, 0.25) is 0 Å². The molecule has 0 amide bonds. The Morgan fingerprint density at radius 2 is 2.22 bits per heavy atom. The fourth-order valence-corrected chi connectivity index (χ4v) is 2.21. The molecule has 0 bridgehead atoms. The minimum atomic E-state index is -0.154. The van der Waals surface area contributed by atoms with Crippen molar-refractivity contribution in [2.75, 3.05) is 6.61 Å². The number of benzene rings is 1. The maximum absolute atomic E-state index is 6.03. The largest absolute Gasteiger partial charge is 0.494 e. The van der Waals surface area contributed by atoms with Gasteiger partial charge in [0.2, 0.25) is 0 Å². The van der Waals surface area contributed by atoms with Crippen LogP contribution in [-0.4, -0.2) is 6.61 Å². The van der Waals surface area contributed by atoms with Crippen molar-refractivity contribution < 1.29 is 9.15 Å². The first-order valence-electron chi connectivity index (χ1n) is 5.85. The Hall–Kier alpha value is -1.26. The van der Waals surface area contributed by atoms with Crippen molar-refractivity contribution in [2.24, 2.45) is 5.73 Å². The summed E-state index contributed by atoms with van der Waals surface area (Å²) < 4.78 is 11.9. The van der Waals surface area contributed by atoms with Crippen LogP contribution in [-0.2, 0) is 0 Å². The predicted octanol–water partition coefficient (Wildman–Crippen LogP) is 3.82. The molecule has 0 aliphatic rings. The molecule has 0 saturated heterocycles. The molecular weight excluding hydrogens is 294 g/mol. The van der Waals surface area contributed by atoms with Crippen LogP contribution in [0.3, 0.4) is 0 Å². The summed E-state index contributed by atoms with van der Waals surface area (Å²) in [5, 5.41) is 0. The number of hydrogen-bond donors (Lipinski definition) is 1. The van der Waals surface area contributed by atoms with E-state index in [-0.39, 0.29) is 6.04 Å². The van der Waals surface area contributed by atoms with Crippen LogP contribution < -0.4 is 10.5 Å². The van der Waals surface area contributed by atoms with E-state index in [2.05, 4.69) is 15.9 Å². The minimum Gasteiger partial charge on any atom is -0.494 e. The summed E-state index contributed by atoms with van der Waals surface area (Å²) in [5.41, 5.74) is 7.22. The summed E-state index contributed by atoms with van der Waals surface area (Å²) in [6.45, 7) is 2.61. The van der Waals surface area contributed by atoms with E-state index < -0.39 is 0 Å². The molecule has 3 nitrogen and oxygen atoms in total. The summed E-state index contributed by atoms with van der Waals surface area (Å²) >= 11 is 3.40. The van der Waals surface area contributed by atoms with Crippen LogP contribution in [0.1, 0.15) is 23.8 Å². The van der Waals surface area contributed by atoms with Crippen LogP contribution in [0.15, 0.2) is 45.5 Å². The van der Waals surface area contributed by atoms with E-state index in [1.165, 1.54) is 5.56 Å². The summed E-state index contributed by atoms with van der Waals surface area (Å²) in [6.07, 6.45) is 2.33. The Balaban J connectivity index is 1.84. The molecule has 1 atom stereocenters. The lowest BCUT2D eigenvalue weighted by molar-refractivity contribution is 0.289. The monoisotopic (exact) mass is 309 g/mol. The third-order valence-electron chi connectivity index (χ3n) is 2.67. The maximum Gasteiger partial charge on any atom is 0.134 e. The van der Waals surface area contributed by atoms with Gasteiger partial charge in [0, 0.05) is 6.42 Å². The van der Waals surface area contributed by atoms with Gasteiger partial charge in [0.15, 0.2) is 0 Å². The van der Waals surface area contributed by atoms with Gasteiger partial charge in [-0.25, -0.2) is 0 Å². The topological polar surface area (TPSA) is 48.4 Å². The molecule has 0 saturated carbocycles. The number of aryl methyl sites for hydroxylation is 1. The van der Waals surface area contributed by atoms with Crippen molar-refractivity contribution in [2.45, 2.75) is 19.4 Å². The van der Waals surface area contributed by atoms with Gasteiger partial charge in [-0.1, -0.05) is 12.1 Å². The second kappa shape index (κ2) is 6.07. The Kier molecular flexibility index (Phi) is 4.44. The van der Waals surface area contributed by atoms with Crippen molar-refractivity contribution in [1.82, 2.24) is 0 Å². The van der Waals surface area contributed by atoms with Crippen LogP contribution in [0, 0.1) is 6.92 Å². The number of furan rings is 1. The van der Waals surface area contributed by atoms with E-state index in [1.54, 1.807) is 6.26 Å². The number of halogens is 1. The molecule has 96 valence electrons. The van der Waals surface area contributed by atoms with E-state index >= 15 is 0 Å². The third-order valence-corrected chi connectivity index (χ3v) is 3.32. The highest BCUT2D eigenvalue weighted by atomic mass is 79.9. The summed E-state index contributed by atoms with van der Waals surface area (Å²) in [5.74, 6) is 1.64. The van der Waals surface area contributed by atoms with Crippen molar-refractivity contribution in [3.8, 4) is 5.75 Å². The molecule has 1 aromatic heterocycles. The first-order valence-corrected chi connectivity index (χ1v) is 6.64. The molecule has 0 aliphatic carbocycles. The SMILES string of the molecule is Cc1cccc(OCCC(N)c2occc2Br)c1. The average Bonchev–Trinajstić information content (AvgIpc) is 2.75. The number of hydrogen-bond acceptors (Lipinski definition) is 3. The maximum atomic E-state index is 6.03. The van der Waals surface area contributed by atoms with Gasteiger partial charge in [-0.3, -0.25) is 0 Å². The van der Waals surface area contributed by atoms with Gasteiger partial charge in [-0.2, -0.15) is 0 Å². The lowest BCUT2D eigenvalue weighted by atomic mass is 10.2. The summed E-state index contributed by atoms with van der Waals surface area (Å²) in [6, 6.07) is 9.66. The second-order valence-corrected chi connectivity index (χ2v) is 5.05. The van der Waals surface area contributed by atoms with Gasteiger partial charge in [0.05, 0.1) is 23.4 Å². The van der Waals surface area contributed by atoms with E-state index in [0.29, 0.717) is 13.0 Å². The zero-order valence-corrected chi connectivity index (χ0v) is 11.8. The van der Waals surface area contributed by atoms with Gasteiger partial charge >= 0.3 is 0 Å². The zero-order valence-electron chi connectivity index (χ0n) is 10.2. The summed E-state index contributed by atoms with van der Waals surface area (Å²) in [4.78, 5) is 0. The van der Waals surface area contributed by atoms with Crippen molar-refractivity contribution in [1.29, 1.82) is 0 Å². The van der Waals surface area contributed by atoms with E-state index in [1.807, 2.05) is 37.3 Å². The van der Waals surface area contributed by atoms with Crippen LogP contribution >= 0.6 is 15.9 Å². The third kappa shape index (κ3) is 3.37. The number of nitrogens with two attached hydrogens (primary N) is 1. The summed E-state index contributed by atoms with van der Waals surface area (Å²) in [7, 11) is 0. The molecule has 1 unspecified atom stereocenters. The molecule has 1 aromatic carbocycles. The van der Waals surface area contributed by atoms with Gasteiger partial charge in [-0.05, 0) is 46.6 Å². The molecule has 0 fully saturated rings. The standard InChI is InChI=1S/C14H16BrNO2/c1-10-3-2-4-11(9-10)17-8-6-13(16)14-12(15)5-7-18-14/h2-5,7,9,13H,6,8,16H2,1H3. The first-order chi connectivity index (χ1) is 8.66. The fourth-order valence-electron chi connectivity index (χ4n) is 1.71. The highest BCUT2D eigenvalue weighted by Gasteiger charge is 2.13. The molecule has 2 aromatic rings. The molecule has 18 heavy (non-hydrogen) atoms. The van der Waals surface area contributed by atoms with Gasteiger partial charge in [0.25, 0.3) is 0 Å². The molecular formula is C14H16BrNO2. The van der Waals surface area contributed by atoms with Gasteiger partial charge in [0.1, 0.15) is 11.5 Å². The second-order valence-electron chi connectivity index (χ2n) is 4.19. The Morgan fingerprint density at radius 1 is 1.39 bits per heavy atom. The molecule has 0 aliphatic heterocycles. The van der Waals surface area contributed by atoms with Crippen molar-refractivity contribution >= 4 is 15.9 Å². The smallest absolute Gasteiger partial charge is 0.134 e. The Bertz CT molecular complexity index is 510. The van der Waals surface area contributed by atoms with Crippen molar-refractivity contribution in [3.63, 3.8) is 0 Å². The van der Waals surface area contributed by atoms with Gasteiger partial charge < -0.3 is 14.9 Å². The van der Waals surface area contributed by atoms with E-state index in [9.17, 15) is 0 Å². The van der Waals surface area contributed by atoms with E-state index in [0.717, 1.165) is 16.0 Å². The highest BCUT2D eigenvalue weighted by molar-refractivity contribution is 9.10. The molecule has 0 spiro atoms. The molecule has 2 rings (SSSR count). The van der Waals surface area contributed by atoms with Crippen LogP contribution in [0.25, 0.3) is 0 Å².